The summed E-state index contributed by atoms with van der Waals surface area (Å²) in [4.78, 5) is 1.72. The summed E-state index contributed by atoms with van der Waals surface area (Å²) < 4.78 is 26.2. The number of anilines is 2. The Morgan fingerprint density at radius 2 is 1.61 bits per heavy atom. The Morgan fingerprint density at radius 1 is 0.944 bits per heavy atom. The third kappa shape index (κ3) is 2.65. The molecular weight excluding hydrogens is 236 g/mol. The molecule has 1 N–H and O–H groups in total. The summed E-state index contributed by atoms with van der Waals surface area (Å²) in [6.07, 6.45) is 0. The number of hydrogen-bond donors (Lipinski definition) is 1. The molecule has 18 heavy (non-hydrogen) atoms. The van der Waals surface area contributed by atoms with Crippen LogP contribution >= 0.6 is 0 Å². The monoisotopic (exact) mass is 249 g/mol. The van der Waals surface area contributed by atoms with Gasteiger partial charge in [-0.05, 0) is 48.0 Å². The van der Waals surface area contributed by atoms with Gasteiger partial charge in [-0.2, -0.15) is 0 Å². The van der Waals surface area contributed by atoms with Crippen LogP contribution in [0.25, 0.3) is 0 Å². The summed E-state index contributed by atoms with van der Waals surface area (Å²) >= 11 is 0. The molecule has 4 heteroatoms. The zero-order valence-corrected chi connectivity index (χ0v) is 9.90. The molecule has 94 valence electrons. The van der Waals surface area contributed by atoms with Gasteiger partial charge < -0.3 is 10.0 Å². The highest BCUT2D eigenvalue weighted by Crippen LogP contribution is 2.25. The number of rotatable bonds is 3. The zero-order valence-electron chi connectivity index (χ0n) is 9.90. The maximum absolute atomic E-state index is 13.4. The van der Waals surface area contributed by atoms with Crippen LogP contribution < -0.4 is 4.90 Å². The van der Waals surface area contributed by atoms with E-state index in [9.17, 15) is 8.78 Å². The van der Waals surface area contributed by atoms with Crippen molar-refractivity contribution >= 4 is 11.4 Å². The normalized spacial score (nSPS) is 10.4. The van der Waals surface area contributed by atoms with Crippen molar-refractivity contribution in [1.29, 1.82) is 0 Å². The van der Waals surface area contributed by atoms with E-state index in [4.69, 9.17) is 5.11 Å². The van der Waals surface area contributed by atoms with Crippen molar-refractivity contribution in [3.63, 3.8) is 0 Å². The van der Waals surface area contributed by atoms with E-state index in [-0.39, 0.29) is 12.4 Å². The fourth-order valence-electron chi connectivity index (χ4n) is 1.73. The molecule has 0 aliphatic rings. The summed E-state index contributed by atoms with van der Waals surface area (Å²) in [6.45, 7) is -0.220. The van der Waals surface area contributed by atoms with Crippen LogP contribution in [0, 0.1) is 11.6 Å². The van der Waals surface area contributed by atoms with E-state index in [0.717, 1.165) is 5.69 Å². The molecule has 0 amide bonds. The Bertz CT molecular complexity index is 540. The molecule has 0 aliphatic heterocycles. The van der Waals surface area contributed by atoms with Crippen molar-refractivity contribution < 1.29 is 13.9 Å². The first kappa shape index (κ1) is 12.5. The lowest BCUT2D eigenvalue weighted by Crippen LogP contribution is -2.10. The third-order valence-electron chi connectivity index (χ3n) is 2.73. The second-order valence-electron chi connectivity index (χ2n) is 4.01. The first-order valence-corrected chi connectivity index (χ1v) is 5.50. The molecule has 0 spiro atoms. The molecule has 0 saturated carbocycles. The van der Waals surface area contributed by atoms with Gasteiger partial charge in [-0.1, -0.05) is 0 Å². The second kappa shape index (κ2) is 5.14. The maximum Gasteiger partial charge on any atom is 0.125 e. The predicted molar refractivity (Wildman–Crippen MR) is 66.8 cm³/mol. The Kier molecular flexibility index (Phi) is 3.58. The third-order valence-corrected chi connectivity index (χ3v) is 2.73. The summed E-state index contributed by atoms with van der Waals surface area (Å²) in [5.41, 5.74) is 1.84. The van der Waals surface area contributed by atoms with Crippen LogP contribution in [0.1, 0.15) is 5.56 Å². The number of benzene rings is 2. The predicted octanol–water partition coefficient (Wildman–Crippen LogP) is 3.23. The van der Waals surface area contributed by atoms with E-state index in [2.05, 4.69) is 0 Å². The molecule has 0 bridgehead atoms. The zero-order chi connectivity index (χ0) is 13.1. The van der Waals surface area contributed by atoms with Crippen LogP contribution in [0.5, 0.6) is 0 Å². The highest BCUT2D eigenvalue weighted by molar-refractivity contribution is 5.63. The molecule has 2 aromatic carbocycles. The van der Waals surface area contributed by atoms with Gasteiger partial charge in [0.2, 0.25) is 0 Å². The van der Waals surface area contributed by atoms with E-state index < -0.39 is 5.82 Å². The fraction of sp³-hybridized carbons (Fsp3) is 0.143. The number of aliphatic hydroxyl groups excluding tert-OH is 1. The number of aliphatic hydroxyl groups is 1. The van der Waals surface area contributed by atoms with Gasteiger partial charge in [-0.3, -0.25) is 0 Å². The smallest absolute Gasteiger partial charge is 0.125 e. The van der Waals surface area contributed by atoms with Gasteiger partial charge in [0.05, 0.1) is 6.61 Å². The second-order valence-corrected chi connectivity index (χ2v) is 4.01. The van der Waals surface area contributed by atoms with Crippen LogP contribution in [0.2, 0.25) is 0 Å². The highest BCUT2D eigenvalue weighted by Gasteiger charge is 2.07. The lowest BCUT2D eigenvalue weighted by Gasteiger charge is -2.20. The van der Waals surface area contributed by atoms with Crippen molar-refractivity contribution in [3.05, 3.63) is 59.7 Å². The van der Waals surface area contributed by atoms with Crippen molar-refractivity contribution in [1.82, 2.24) is 0 Å². The number of hydrogen-bond acceptors (Lipinski definition) is 2. The van der Waals surface area contributed by atoms with Gasteiger partial charge in [0, 0.05) is 18.4 Å². The maximum atomic E-state index is 13.4. The van der Waals surface area contributed by atoms with Crippen molar-refractivity contribution in [2.24, 2.45) is 0 Å². The standard InChI is InChI=1S/C14H13F2NO/c1-17(13-4-2-11(15)3-5-13)14-7-10(9-18)6-12(16)8-14/h2-8,18H,9H2,1H3. The number of nitrogens with zero attached hydrogens (tertiary/aromatic N) is 1. The highest BCUT2D eigenvalue weighted by atomic mass is 19.1. The lowest BCUT2D eigenvalue weighted by atomic mass is 10.2. The molecule has 0 saturated heterocycles. The summed E-state index contributed by atoms with van der Waals surface area (Å²) in [5, 5.41) is 9.04. The average Bonchev–Trinajstić information content (AvgIpc) is 2.38. The summed E-state index contributed by atoms with van der Waals surface area (Å²) in [5.74, 6) is -0.729. The largest absolute Gasteiger partial charge is 0.392 e. The van der Waals surface area contributed by atoms with Gasteiger partial charge in [-0.25, -0.2) is 8.78 Å². The Labute approximate surface area is 104 Å². The minimum absolute atomic E-state index is 0.220. The first-order chi connectivity index (χ1) is 8.60. The minimum Gasteiger partial charge on any atom is -0.392 e. The topological polar surface area (TPSA) is 23.5 Å². The summed E-state index contributed by atoms with van der Waals surface area (Å²) in [7, 11) is 1.75. The quantitative estimate of drug-likeness (QED) is 0.902. The van der Waals surface area contributed by atoms with E-state index in [1.54, 1.807) is 30.1 Å². The Morgan fingerprint density at radius 3 is 2.22 bits per heavy atom. The molecule has 0 aliphatic carbocycles. The van der Waals surface area contributed by atoms with Gasteiger partial charge in [-0.15, -0.1) is 0 Å². The lowest BCUT2D eigenvalue weighted by molar-refractivity contribution is 0.281. The van der Waals surface area contributed by atoms with Crippen LogP contribution in [-0.2, 0) is 6.61 Å². The SMILES string of the molecule is CN(c1ccc(F)cc1)c1cc(F)cc(CO)c1. The van der Waals surface area contributed by atoms with Crippen molar-refractivity contribution in [2.75, 3.05) is 11.9 Å². The van der Waals surface area contributed by atoms with E-state index >= 15 is 0 Å². The van der Waals surface area contributed by atoms with E-state index in [0.29, 0.717) is 11.3 Å². The van der Waals surface area contributed by atoms with E-state index in [1.807, 2.05) is 0 Å². The average molecular weight is 249 g/mol. The van der Waals surface area contributed by atoms with Gasteiger partial charge in [0.25, 0.3) is 0 Å². The molecular formula is C14H13F2NO. The van der Waals surface area contributed by atoms with Gasteiger partial charge in [0.1, 0.15) is 11.6 Å². The van der Waals surface area contributed by atoms with Gasteiger partial charge in [0.15, 0.2) is 0 Å². The fourth-order valence-corrected chi connectivity index (χ4v) is 1.73. The Hall–Kier alpha value is -1.94. The van der Waals surface area contributed by atoms with E-state index in [1.165, 1.54) is 24.3 Å². The molecule has 0 fully saturated rings. The summed E-state index contributed by atoms with van der Waals surface area (Å²) in [6, 6.07) is 10.2. The molecule has 2 aromatic rings. The number of halogens is 2. The molecule has 2 rings (SSSR count). The minimum atomic E-state index is -0.412. The van der Waals surface area contributed by atoms with Crippen LogP contribution in [0.4, 0.5) is 20.2 Å². The molecule has 0 unspecified atom stereocenters. The Balaban J connectivity index is 2.35. The molecule has 0 atom stereocenters. The van der Waals surface area contributed by atoms with Crippen LogP contribution in [0.3, 0.4) is 0 Å². The first-order valence-electron chi connectivity index (χ1n) is 5.50. The van der Waals surface area contributed by atoms with Crippen LogP contribution in [-0.4, -0.2) is 12.2 Å². The van der Waals surface area contributed by atoms with Crippen LogP contribution in [0.15, 0.2) is 42.5 Å². The molecule has 0 radical (unpaired) electrons. The van der Waals surface area contributed by atoms with Crippen molar-refractivity contribution in [3.8, 4) is 0 Å². The molecule has 2 nitrogen and oxygen atoms in total. The van der Waals surface area contributed by atoms with Gasteiger partial charge >= 0.3 is 0 Å². The van der Waals surface area contributed by atoms with Crippen molar-refractivity contribution in [2.45, 2.75) is 6.61 Å². The molecule has 0 heterocycles. The molecule has 0 aromatic heterocycles.